The molecule has 3 N–H and O–H groups in total. The van der Waals surface area contributed by atoms with Crippen molar-refractivity contribution in [2.45, 2.75) is 25.4 Å². The van der Waals surface area contributed by atoms with E-state index in [0.29, 0.717) is 12.6 Å². The topological polar surface area (TPSA) is 69.4 Å². The molecule has 1 aliphatic rings. The van der Waals surface area contributed by atoms with Gasteiger partial charge in [-0.05, 0) is 18.1 Å². The molecular weight excluding hydrogens is 310 g/mol. The highest BCUT2D eigenvalue weighted by molar-refractivity contribution is 5.85. The largest absolute Gasteiger partial charge is 0.358 e. The molecule has 5 nitrogen and oxygen atoms in total. The van der Waals surface area contributed by atoms with Gasteiger partial charge in [0, 0.05) is 34.6 Å². The number of H-pyrrole nitrogens is 2. The molecule has 5 rings (SSSR count). The van der Waals surface area contributed by atoms with Gasteiger partial charge in [0.25, 0.3) is 0 Å². The van der Waals surface area contributed by atoms with Gasteiger partial charge in [0.15, 0.2) is 5.82 Å². The van der Waals surface area contributed by atoms with Gasteiger partial charge in [0.2, 0.25) is 0 Å². The van der Waals surface area contributed by atoms with Crippen LogP contribution in [0.4, 0.5) is 0 Å². The van der Waals surface area contributed by atoms with Crippen LogP contribution < -0.4 is 5.32 Å². The Bertz CT molecular complexity index is 1010. The molecule has 124 valence electrons. The van der Waals surface area contributed by atoms with E-state index in [0.717, 1.165) is 30.1 Å². The second kappa shape index (κ2) is 5.86. The lowest BCUT2D eigenvalue weighted by atomic mass is 10.1. The van der Waals surface area contributed by atoms with E-state index in [1.165, 1.54) is 22.2 Å². The minimum absolute atomic E-state index is 0.441. The molecule has 0 aliphatic heterocycles. The molecular formula is C20H19N5. The van der Waals surface area contributed by atoms with E-state index in [9.17, 15) is 0 Å². The van der Waals surface area contributed by atoms with Gasteiger partial charge in [0.1, 0.15) is 5.82 Å². The molecule has 5 heteroatoms. The molecule has 25 heavy (non-hydrogen) atoms. The lowest BCUT2D eigenvalue weighted by Gasteiger charge is -2.10. The maximum Gasteiger partial charge on any atom is 0.181 e. The summed E-state index contributed by atoms with van der Waals surface area (Å²) in [7, 11) is 0. The molecule has 0 amide bonds. The molecule has 0 fully saturated rings. The monoisotopic (exact) mass is 329 g/mol. The van der Waals surface area contributed by atoms with Gasteiger partial charge in [-0.25, -0.2) is 4.98 Å². The summed E-state index contributed by atoms with van der Waals surface area (Å²) in [5.74, 6) is 1.62. The predicted molar refractivity (Wildman–Crippen MR) is 98.2 cm³/mol. The molecule has 2 aromatic heterocycles. The average molecular weight is 329 g/mol. The highest BCUT2D eigenvalue weighted by atomic mass is 15.2. The first-order valence-corrected chi connectivity index (χ1v) is 8.65. The van der Waals surface area contributed by atoms with Crippen LogP contribution in [0.3, 0.4) is 0 Å². The fourth-order valence-corrected chi connectivity index (χ4v) is 3.70. The Morgan fingerprint density at radius 2 is 1.84 bits per heavy atom. The summed E-state index contributed by atoms with van der Waals surface area (Å²) < 4.78 is 0. The van der Waals surface area contributed by atoms with Crippen molar-refractivity contribution >= 4 is 10.9 Å². The Kier molecular flexibility index (Phi) is 3.38. The Balaban J connectivity index is 1.26. The molecule has 0 radical (unpaired) electrons. The van der Waals surface area contributed by atoms with E-state index in [2.05, 4.69) is 49.7 Å². The second-order valence-corrected chi connectivity index (χ2v) is 6.59. The highest BCUT2D eigenvalue weighted by Gasteiger charge is 2.25. The van der Waals surface area contributed by atoms with E-state index >= 15 is 0 Å². The minimum atomic E-state index is 0.441. The second-order valence-electron chi connectivity index (χ2n) is 6.59. The predicted octanol–water partition coefficient (Wildman–Crippen LogP) is 3.21. The fraction of sp³-hybridized carbons (Fsp3) is 0.200. The van der Waals surface area contributed by atoms with Gasteiger partial charge in [-0.1, -0.05) is 48.5 Å². The first-order chi connectivity index (χ1) is 12.4. The number of nitrogens with one attached hydrogen (secondary N) is 3. The third-order valence-electron chi connectivity index (χ3n) is 4.92. The van der Waals surface area contributed by atoms with Crippen molar-refractivity contribution in [1.29, 1.82) is 0 Å². The van der Waals surface area contributed by atoms with Gasteiger partial charge >= 0.3 is 0 Å². The molecule has 0 spiro atoms. The van der Waals surface area contributed by atoms with Crippen molar-refractivity contribution in [2.75, 3.05) is 0 Å². The maximum atomic E-state index is 4.59. The molecule has 1 atom stereocenters. The molecule has 0 saturated carbocycles. The summed E-state index contributed by atoms with van der Waals surface area (Å²) in [5, 5.41) is 12.3. The zero-order chi connectivity index (χ0) is 16.6. The van der Waals surface area contributed by atoms with Crippen molar-refractivity contribution in [3.05, 3.63) is 71.7 Å². The summed E-state index contributed by atoms with van der Waals surface area (Å²) in [4.78, 5) is 8.15. The average Bonchev–Trinajstić information content (AvgIpc) is 3.35. The number of nitrogens with zero attached hydrogens (tertiary/aromatic N) is 2. The van der Waals surface area contributed by atoms with Crippen LogP contribution in [0.5, 0.6) is 0 Å². The first kappa shape index (κ1) is 14.4. The van der Waals surface area contributed by atoms with Crippen LogP contribution in [0.2, 0.25) is 0 Å². The van der Waals surface area contributed by atoms with Crippen molar-refractivity contribution in [1.82, 2.24) is 25.5 Å². The number of rotatable bonds is 4. The van der Waals surface area contributed by atoms with Crippen molar-refractivity contribution in [2.24, 2.45) is 0 Å². The third kappa shape index (κ3) is 2.62. The van der Waals surface area contributed by atoms with Crippen molar-refractivity contribution in [3.63, 3.8) is 0 Å². The van der Waals surface area contributed by atoms with Crippen LogP contribution >= 0.6 is 0 Å². The normalized spacial score (nSPS) is 16.4. The van der Waals surface area contributed by atoms with Gasteiger partial charge in [-0.15, -0.1) is 0 Å². The number of hydrogen-bond acceptors (Lipinski definition) is 3. The van der Waals surface area contributed by atoms with E-state index < -0.39 is 0 Å². The van der Waals surface area contributed by atoms with Gasteiger partial charge in [-0.2, -0.15) is 5.10 Å². The van der Waals surface area contributed by atoms with Crippen molar-refractivity contribution in [3.8, 4) is 11.4 Å². The minimum Gasteiger partial charge on any atom is -0.358 e. The molecule has 0 saturated heterocycles. The van der Waals surface area contributed by atoms with Crippen LogP contribution in [-0.4, -0.2) is 26.2 Å². The van der Waals surface area contributed by atoms with E-state index in [1.807, 2.05) is 30.3 Å². The lowest BCUT2D eigenvalue weighted by Crippen LogP contribution is -2.29. The SMILES string of the molecule is c1ccc(-c2n[nH]c(CNC3Cc4[nH]c5ccccc5c4C3)n2)cc1. The standard InChI is InChI=1S/C20H19N5/c1-2-6-13(7-3-1)20-23-19(24-25-20)12-21-14-10-16-15-8-4-5-9-17(15)22-18(16)11-14/h1-9,14,21-22H,10-12H2,(H,23,24,25). The third-order valence-corrected chi connectivity index (χ3v) is 4.92. The quantitative estimate of drug-likeness (QED) is 0.538. The smallest absolute Gasteiger partial charge is 0.181 e. The van der Waals surface area contributed by atoms with Gasteiger partial charge in [0.05, 0.1) is 6.54 Å². The van der Waals surface area contributed by atoms with Crippen LogP contribution in [0.1, 0.15) is 17.1 Å². The zero-order valence-corrected chi connectivity index (χ0v) is 13.8. The molecule has 1 aliphatic carbocycles. The molecule has 4 aromatic rings. The summed E-state index contributed by atoms with van der Waals surface area (Å²) >= 11 is 0. The Hall–Kier alpha value is -2.92. The van der Waals surface area contributed by atoms with E-state index in [-0.39, 0.29) is 0 Å². The van der Waals surface area contributed by atoms with E-state index in [1.54, 1.807) is 0 Å². The summed E-state index contributed by atoms with van der Waals surface area (Å²) in [6.07, 6.45) is 2.09. The maximum absolute atomic E-state index is 4.59. The molecule has 0 bridgehead atoms. The number of aromatic nitrogens is 4. The number of para-hydroxylation sites is 1. The summed E-state index contributed by atoms with van der Waals surface area (Å²) in [5.41, 5.74) is 5.10. The number of benzene rings is 2. The first-order valence-electron chi connectivity index (χ1n) is 8.65. The van der Waals surface area contributed by atoms with E-state index in [4.69, 9.17) is 0 Å². The summed E-state index contributed by atoms with van der Waals surface area (Å²) in [6.45, 7) is 0.701. The van der Waals surface area contributed by atoms with Gasteiger partial charge < -0.3 is 10.3 Å². The van der Waals surface area contributed by atoms with Gasteiger partial charge in [-0.3, -0.25) is 5.10 Å². The Morgan fingerprint density at radius 3 is 2.76 bits per heavy atom. The lowest BCUT2D eigenvalue weighted by molar-refractivity contribution is 0.520. The molecule has 2 aromatic carbocycles. The van der Waals surface area contributed by atoms with Crippen molar-refractivity contribution < 1.29 is 0 Å². The van der Waals surface area contributed by atoms with Crippen LogP contribution in [0.15, 0.2) is 54.6 Å². The zero-order valence-electron chi connectivity index (χ0n) is 13.8. The fourth-order valence-electron chi connectivity index (χ4n) is 3.70. The molecule has 1 unspecified atom stereocenters. The Labute approximate surface area is 145 Å². The highest BCUT2D eigenvalue weighted by Crippen LogP contribution is 2.30. The molecule has 2 heterocycles. The number of fused-ring (bicyclic) bond motifs is 3. The van der Waals surface area contributed by atoms with Crippen LogP contribution in [0.25, 0.3) is 22.3 Å². The Morgan fingerprint density at radius 1 is 1.00 bits per heavy atom. The van der Waals surface area contributed by atoms with Crippen LogP contribution in [0, 0.1) is 0 Å². The number of aromatic amines is 2. The number of hydrogen-bond donors (Lipinski definition) is 3. The van der Waals surface area contributed by atoms with Crippen LogP contribution in [-0.2, 0) is 19.4 Å². The summed E-state index contributed by atoms with van der Waals surface area (Å²) in [6, 6.07) is 19.0.